The molecular formula is C31H46O14. The predicted octanol–water partition coefficient (Wildman–Crippen LogP) is -0.289. The smallest absolute Gasteiger partial charge is 0.307 e. The molecule has 0 aromatic heterocycles. The summed E-state index contributed by atoms with van der Waals surface area (Å²) in [5.74, 6) is -1.99. The number of rotatable bonds is 11. The number of aliphatic hydroxyl groups excluding tert-OH is 6. The van der Waals surface area contributed by atoms with Crippen LogP contribution in [0.25, 0.3) is 0 Å². The lowest BCUT2D eigenvalue weighted by Gasteiger charge is -2.45. The molecule has 0 radical (unpaired) electrons. The van der Waals surface area contributed by atoms with Gasteiger partial charge in [0.2, 0.25) is 0 Å². The maximum absolute atomic E-state index is 12.9. The summed E-state index contributed by atoms with van der Waals surface area (Å²) in [6.07, 6.45) is -13.4. The zero-order chi connectivity index (χ0) is 33.8. The van der Waals surface area contributed by atoms with Gasteiger partial charge in [-0.15, -0.1) is 0 Å². The third kappa shape index (κ3) is 8.84. The van der Waals surface area contributed by atoms with Crippen molar-refractivity contribution in [3.63, 3.8) is 0 Å². The molecule has 3 rings (SSSR count). The van der Waals surface area contributed by atoms with Crippen LogP contribution in [0.1, 0.15) is 60.3 Å². The summed E-state index contributed by atoms with van der Waals surface area (Å²) >= 11 is 0. The van der Waals surface area contributed by atoms with E-state index in [0.29, 0.717) is 5.57 Å². The van der Waals surface area contributed by atoms with Crippen molar-refractivity contribution in [1.29, 1.82) is 0 Å². The summed E-state index contributed by atoms with van der Waals surface area (Å²) in [7, 11) is 0. The number of carbonyl (C=O) groups excluding carboxylic acids is 3. The Labute approximate surface area is 261 Å². The lowest BCUT2D eigenvalue weighted by atomic mass is 9.71. The molecule has 14 heteroatoms. The Morgan fingerprint density at radius 1 is 0.956 bits per heavy atom. The fourth-order valence-corrected chi connectivity index (χ4v) is 5.63. The van der Waals surface area contributed by atoms with Crippen molar-refractivity contribution in [1.82, 2.24) is 0 Å². The van der Waals surface area contributed by atoms with Crippen molar-refractivity contribution in [2.45, 2.75) is 128 Å². The summed E-state index contributed by atoms with van der Waals surface area (Å²) < 4.78 is 27.0. The van der Waals surface area contributed by atoms with Gasteiger partial charge in [-0.1, -0.05) is 45.1 Å². The Morgan fingerprint density at radius 3 is 2.22 bits per heavy atom. The number of aliphatic hydroxyl groups is 6. The van der Waals surface area contributed by atoms with Gasteiger partial charge in [-0.2, -0.15) is 0 Å². The maximum atomic E-state index is 12.9. The molecule has 0 bridgehead atoms. The Balaban J connectivity index is 1.57. The molecule has 2 fully saturated rings. The first-order valence-corrected chi connectivity index (χ1v) is 15.0. The van der Waals surface area contributed by atoms with Gasteiger partial charge >= 0.3 is 11.9 Å². The van der Waals surface area contributed by atoms with E-state index in [1.54, 1.807) is 13.8 Å². The van der Waals surface area contributed by atoms with Crippen LogP contribution in [0.3, 0.4) is 0 Å². The first-order valence-electron chi connectivity index (χ1n) is 15.0. The van der Waals surface area contributed by atoms with Crippen molar-refractivity contribution < 1.29 is 68.7 Å². The van der Waals surface area contributed by atoms with E-state index >= 15 is 0 Å². The maximum Gasteiger partial charge on any atom is 0.307 e. The average molecular weight is 643 g/mol. The Morgan fingerprint density at radius 2 is 1.60 bits per heavy atom. The topological polar surface area (TPSA) is 219 Å². The van der Waals surface area contributed by atoms with Crippen molar-refractivity contribution >= 4 is 17.7 Å². The first kappa shape index (κ1) is 36.9. The van der Waals surface area contributed by atoms with E-state index in [-0.39, 0.29) is 18.6 Å². The van der Waals surface area contributed by atoms with Crippen molar-refractivity contribution in [3.8, 4) is 0 Å². The molecule has 14 nitrogen and oxygen atoms in total. The first-order chi connectivity index (χ1) is 21.0. The molecular weight excluding hydrogens is 596 g/mol. The standard InChI is InChI=1S/C31H46O14/c1-7-17-23(35)24(36)27(39)30(44-17)45-28-19(43-29(40)26(38)25(28)37)13-41-20(32)10-11-21(33)42-18-12-31(5,6)16(9-8-14(2)3)15(4)22(18)34/h8-9,17-19,23-30,35-40H,2,7,10-13H2,1,3-6H3/b9-8+. The predicted molar refractivity (Wildman–Crippen MR) is 155 cm³/mol. The van der Waals surface area contributed by atoms with Crippen molar-refractivity contribution in [2.75, 3.05) is 6.61 Å². The summed E-state index contributed by atoms with van der Waals surface area (Å²) in [5, 5.41) is 61.3. The Bertz CT molecular complexity index is 1160. The van der Waals surface area contributed by atoms with E-state index in [9.17, 15) is 45.0 Å². The molecule has 2 heterocycles. The van der Waals surface area contributed by atoms with E-state index in [1.165, 1.54) is 0 Å². The van der Waals surface area contributed by atoms with E-state index in [1.807, 2.05) is 32.9 Å². The minimum absolute atomic E-state index is 0.246. The van der Waals surface area contributed by atoms with Gasteiger partial charge in [-0.25, -0.2) is 0 Å². The van der Waals surface area contributed by atoms with E-state index in [2.05, 4.69) is 6.58 Å². The summed E-state index contributed by atoms with van der Waals surface area (Å²) in [4.78, 5) is 38.0. The monoisotopic (exact) mass is 642 g/mol. The second-order valence-electron chi connectivity index (χ2n) is 12.4. The molecule has 0 spiro atoms. The van der Waals surface area contributed by atoms with Gasteiger partial charge in [0.1, 0.15) is 49.3 Å². The normalized spacial score (nSPS) is 37.0. The zero-order valence-corrected chi connectivity index (χ0v) is 26.2. The molecule has 254 valence electrons. The minimum atomic E-state index is -1.88. The number of hydrogen-bond donors (Lipinski definition) is 6. The molecule has 6 N–H and O–H groups in total. The van der Waals surface area contributed by atoms with Crippen LogP contribution in [0.2, 0.25) is 0 Å². The van der Waals surface area contributed by atoms with Crippen LogP contribution < -0.4 is 0 Å². The molecule has 1 aliphatic carbocycles. The lowest BCUT2D eigenvalue weighted by Crippen LogP contribution is -2.64. The highest BCUT2D eigenvalue weighted by Crippen LogP contribution is 2.41. The fraction of sp³-hybridized carbons (Fsp3) is 0.710. The highest BCUT2D eigenvalue weighted by Gasteiger charge is 2.50. The number of allylic oxidation sites excluding steroid dienone is 4. The van der Waals surface area contributed by atoms with Crippen LogP contribution >= 0.6 is 0 Å². The minimum Gasteiger partial charge on any atom is -0.463 e. The number of carbonyl (C=O) groups is 3. The Kier molecular flexibility index (Phi) is 12.6. The van der Waals surface area contributed by atoms with Gasteiger partial charge in [0.25, 0.3) is 0 Å². The van der Waals surface area contributed by atoms with Gasteiger partial charge in [0.05, 0.1) is 18.9 Å². The lowest BCUT2D eigenvalue weighted by molar-refractivity contribution is -0.353. The highest BCUT2D eigenvalue weighted by atomic mass is 16.7. The number of esters is 2. The summed E-state index contributed by atoms with van der Waals surface area (Å²) in [5.41, 5.74) is 1.65. The molecule has 11 unspecified atom stereocenters. The summed E-state index contributed by atoms with van der Waals surface area (Å²) in [6.45, 7) is 12.3. The second kappa shape index (κ2) is 15.4. The van der Waals surface area contributed by atoms with Crippen LogP contribution in [-0.4, -0.2) is 122 Å². The van der Waals surface area contributed by atoms with Crippen LogP contribution in [0.4, 0.5) is 0 Å². The van der Waals surface area contributed by atoms with Crippen LogP contribution in [0, 0.1) is 5.41 Å². The number of hydrogen-bond acceptors (Lipinski definition) is 14. The fourth-order valence-electron chi connectivity index (χ4n) is 5.63. The quantitative estimate of drug-likeness (QED) is 0.126. The van der Waals surface area contributed by atoms with Crippen LogP contribution in [-0.2, 0) is 38.1 Å². The van der Waals surface area contributed by atoms with Gasteiger partial charge in [0.15, 0.2) is 24.5 Å². The molecule has 11 atom stereocenters. The van der Waals surface area contributed by atoms with Crippen molar-refractivity contribution in [3.05, 3.63) is 35.5 Å². The molecule has 45 heavy (non-hydrogen) atoms. The average Bonchev–Trinajstić information content (AvgIpc) is 2.97. The molecule has 2 saturated heterocycles. The van der Waals surface area contributed by atoms with E-state index in [4.69, 9.17) is 23.7 Å². The van der Waals surface area contributed by atoms with E-state index < -0.39 is 104 Å². The molecule has 0 aromatic carbocycles. The Hall–Kier alpha value is -2.53. The molecule has 3 aliphatic rings. The third-order valence-corrected chi connectivity index (χ3v) is 8.26. The molecule has 2 aliphatic heterocycles. The van der Waals surface area contributed by atoms with Gasteiger partial charge < -0.3 is 54.3 Å². The molecule has 0 aromatic rings. The highest BCUT2D eigenvalue weighted by molar-refractivity contribution is 6.01. The van der Waals surface area contributed by atoms with Gasteiger partial charge in [0, 0.05) is 6.42 Å². The van der Waals surface area contributed by atoms with Crippen LogP contribution in [0.5, 0.6) is 0 Å². The second-order valence-corrected chi connectivity index (χ2v) is 12.4. The van der Waals surface area contributed by atoms with Gasteiger partial charge in [-0.05, 0) is 36.8 Å². The number of Topliss-reactive ketones (excluding diaryl/α,β-unsaturated/α-hetero) is 1. The van der Waals surface area contributed by atoms with E-state index in [0.717, 1.165) is 11.1 Å². The number of ketones is 1. The van der Waals surface area contributed by atoms with Gasteiger partial charge in [-0.3, -0.25) is 14.4 Å². The molecule has 0 amide bonds. The molecule has 0 saturated carbocycles. The largest absolute Gasteiger partial charge is 0.463 e. The SMILES string of the molecule is C=C(C)/C=C/C1=C(C)C(=O)C(OC(=O)CCC(=O)OCC2OC(O)C(O)C(O)C2OC2OC(CC)C(O)C(O)C2O)CC1(C)C. The van der Waals surface area contributed by atoms with Crippen molar-refractivity contribution in [2.24, 2.45) is 5.41 Å². The summed E-state index contributed by atoms with van der Waals surface area (Å²) in [6, 6.07) is 0. The van der Waals surface area contributed by atoms with Crippen LogP contribution in [0.15, 0.2) is 35.5 Å². The number of ether oxygens (including phenoxy) is 5. The zero-order valence-electron chi connectivity index (χ0n) is 26.2. The third-order valence-electron chi connectivity index (χ3n) is 8.26.